The molecule has 0 bridgehead atoms. The van der Waals surface area contributed by atoms with Gasteiger partial charge in [-0.1, -0.05) is 6.92 Å². The molecule has 1 aromatic heterocycles. The molecule has 0 saturated heterocycles. The molecule has 0 spiro atoms. The molecule has 0 saturated carbocycles. The number of H-pyrrole nitrogens is 1. The first-order valence-electron chi connectivity index (χ1n) is 3.85. The van der Waals surface area contributed by atoms with Crippen LogP contribution in [0.1, 0.15) is 23.1 Å². The number of ether oxygens (including phenoxy) is 1. The van der Waals surface area contributed by atoms with Crippen LogP contribution in [-0.4, -0.2) is 23.0 Å². The predicted octanol–water partition coefficient (Wildman–Crippen LogP) is 0.119. The number of hydrogen-bond acceptors (Lipinski definition) is 4. The van der Waals surface area contributed by atoms with E-state index in [1.807, 2.05) is 6.92 Å². The van der Waals surface area contributed by atoms with E-state index in [4.69, 9.17) is 0 Å². The highest BCUT2D eigenvalue weighted by molar-refractivity contribution is 5.88. The maximum absolute atomic E-state index is 11.2. The van der Waals surface area contributed by atoms with E-state index in [2.05, 4.69) is 14.7 Å². The fourth-order valence-electron chi connectivity index (χ4n) is 0.867. The van der Waals surface area contributed by atoms with Gasteiger partial charge in [0.05, 0.1) is 7.11 Å². The van der Waals surface area contributed by atoms with E-state index in [0.29, 0.717) is 12.2 Å². The Morgan fingerprint density at radius 2 is 2.38 bits per heavy atom. The zero-order valence-electron chi connectivity index (χ0n) is 7.46. The molecule has 0 atom stereocenters. The zero-order chi connectivity index (χ0) is 9.84. The Morgan fingerprint density at radius 3 is 2.85 bits per heavy atom. The summed E-state index contributed by atoms with van der Waals surface area (Å²) in [7, 11) is 1.22. The molecule has 0 fully saturated rings. The van der Waals surface area contributed by atoms with Crippen LogP contribution in [0, 0.1) is 0 Å². The number of aromatic amines is 1. The van der Waals surface area contributed by atoms with E-state index < -0.39 is 11.5 Å². The lowest BCUT2D eigenvalue weighted by atomic mass is 10.3. The van der Waals surface area contributed by atoms with E-state index in [1.165, 1.54) is 13.3 Å². The average molecular weight is 182 g/mol. The molecule has 70 valence electrons. The van der Waals surface area contributed by atoms with Gasteiger partial charge >= 0.3 is 5.97 Å². The van der Waals surface area contributed by atoms with Crippen LogP contribution in [0.25, 0.3) is 0 Å². The number of aryl methyl sites for hydroxylation is 1. The molecule has 1 aromatic rings. The van der Waals surface area contributed by atoms with Crippen molar-refractivity contribution in [2.24, 2.45) is 0 Å². The first-order chi connectivity index (χ1) is 6.19. The molecule has 0 aromatic carbocycles. The number of methoxy groups -OCH3 is 1. The van der Waals surface area contributed by atoms with Crippen molar-refractivity contribution in [3.63, 3.8) is 0 Å². The van der Waals surface area contributed by atoms with Gasteiger partial charge < -0.3 is 9.72 Å². The summed E-state index contributed by atoms with van der Waals surface area (Å²) in [5, 5.41) is 0. The highest BCUT2D eigenvalue weighted by Gasteiger charge is 2.10. The Labute approximate surface area is 74.8 Å². The summed E-state index contributed by atoms with van der Waals surface area (Å²) < 4.78 is 4.39. The van der Waals surface area contributed by atoms with Crippen LogP contribution in [0.3, 0.4) is 0 Å². The van der Waals surface area contributed by atoms with Crippen molar-refractivity contribution >= 4 is 5.97 Å². The minimum Gasteiger partial charge on any atom is -0.465 e. The molecule has 1 N–H and O–H groups in total. The van der Waals surface area contributed by atoms with Gasteiger partial charge in [0.1, 0.15) is 11.4 Å². The summed E-state index contributed by atoms with van der Waals surface area (Å²) in [5.74, 6) is -0.117. The third-order valence-corrected chi connectivity index (χ3v) is 1.59. The largest absolute Gasteiger partial charge is 0.465 e. The van der Waals surface area contributed by atoms with E-state index >= 15 is 0 Å². The molecular weight excluding hydrogens is 172 g/mol. The van der Waals surface area contributed by atoms with Gasteiger partial charge in [-0.25, -0.2) is 9.78 Å². The Kier molecular flexibility index (Phi) is 2.79. The average Bonchev–Trinajstić information content (AvgIpc) is 2.16. The SMILES string of the molecule is CCc1ncc(C(=O)OC)c(=O)[nH]1. The van der Waals surface area contributed by atoms with Gasteiger partial charge in [-0.05, 0) is 0 Å². The van der Waals surface area contributed by atoms with Gasteiger partial charge in [0, 0.05) is 12.6 Å². The van der Waals surface area contributed by atoms with E-state index in [9.17, 15) is 9.59 Å². The van der Waals surface area contributed by atoms with Gasteiger partial charge in [-0.3, -0.25) is 4.79 Å². The summed E-state index contributed by atoms with van der Waals surface area (Å²) in [6.45, 7) is 1.86. The van der Waals surface area contributed by atoms with Gasteiger partial charge in [0.15, 0.2) is 0 Å². The monoisotopic (exact) mass is 182 g/mol. The molecule has 0 unspecified atom stereocenters. The molecular formula is C8H10N2O3. The quantitative estimate of drug-likeness (QED) is 0.659. The van der Waals surface area contributed by atoms with Gasteiger partial charge in [0.25, 0.3) is 5.56 Å². The van der Waals surface area contributed by atoms with Crippen molar-refractivity contribution in [3.8, 4) is 0 Å². The topological polar surface area (TPSA) is 72.0 Å². The minimum absolute atomic E-state index is 0.0697. The summed E-state index contributed by atoms with van der Waals surface area (Å²) in [5.41, 5.74) is -0.529. The fourth-order valence-corrected chi connectivity index (χ4v) is 0.867. The van der Waals surface area contributed by atoms with Crippen molar-refractivity contribution in [1.82, 2.24) is 9.97 Å². The van der Waals surface area contributed by atoms with Gasteiger partial charge in [-0.2, -0.15) is 0 Å². The maximum atomic E-state index is 11.2. The Balaban J connectivity index is 3.13. The third-order valence-electron chi connectivity index (χ3n) is 1.59. The van der Waals surface area contributed by atoms with Crippen molar-refractivity contribution in [2.45, 2.75) is 13.3 Å². The molecule has 1 rings (SSSR count). The molecule has 1 heterocycles. The summed E-state index contributed by atoms with van der Waals surface area (Å²) in [6, 6.07) is 0. The third kappa shape index (κ3) is 1.93. The number of aromatic nitrogens is 2. The van der Waals surface area contributed by atoms with Crippen LogP contribution in [0.5, 0.6) is 0 Å². The van der Waals surface area contributed by atoms with Gasteiger partial charge in [-0.15, -0.1) is 0 Å². The Bertz CT molecular complexity index is 370. The number of rotatable bonds is 2. The molecule has 0 radical (unpaired) electrons. The van der Waals surface area contributed by atoms with E-state index in [-0.39, 0.29) is 5.56 Å². The van der Waals surface area contributed by atoms with Crippen LogP contribution in [0.2, 0.25) is 0 Å². The highest BCUT2D eigenvalue weighted by Crippen LogP contribution is 1.92. The van der Waals surface area contributed by atoms with Crippen molar-refractivity contribution in [3.05, 3.63) is 27.9 Å². The second-order valence-corrected chi connectivity index (χ2v) is 2.42. The summed E-state index contributed by atoms with van der Waals surface area (Å²) in [6.07, 6.45) is 1.85. The number of carbonyl (C=O) groups excluding carboxylic acids is 1. The van der Waals surface area contributed by atoms with Crippen molar-refractivity contribution in [1.29, 1.82) is 0 Å². The molecule has 0 aliphatic rings. The second-order valence-electron chi connectivity index (χ2n) is 2.42. The lowest BCUT2D eigenvalue weighted by Gasteiger charge is -1.98. The lowest BCUT2D eigenvalue weighted by molar-refractivity contribution is 0.0598. The van der Waals surface area contributed by atoms with Gasteiger partial charge in [0.2, 0.25) is 0 Å². The number of nitrogens with zero attached hydrogens (tertiary/aromatic N) is 1. The van der Waals surface area contributed by atoms with Crippen LogP contribution >= 0.6 is 0 Å². The number of esters is 1. The second kappa shape index (κ2) is 3.84. The standard InChI is InChI=1S/C8H10N2O3/c1-3-6-9-4-5(7(11)10-6)8(12)13-2/h4H,3H2,1-2H3,(H,9,10,11). The molecule has 5 nitrogen and oxygen atoms in total. The lowest BCUT2D eigenvalue weighted by Crippen LogP contribution is -2.20. The van der Waals surface area contributed by atoms with Crippen LogP contribution in [0.4, 0.5) is 0 Å². The van der Waals surface area contributed by atoms with Crippen LogP contribution in [-0.2, 0) is 11.2 Å². The molecule has 0 aliphatic carbocycles. The normalized spacial score (nSPS) is 9.69. The predicted molar refractivity (Wildman–Crippen MR) is 45.6 cm³/mol. The first kappa shape index (κ1) is 9.44. The van der Waals surface area contributed by atoms with Crippen LogP contribution in [0.15, 0.2) is 11.0 Å². The van der Waals surface area contributed by atoms with Crippen LogP contribution < -0.4 is 5.56 Å². The number of hydrogen-bond donors (Lipinski definition) is 1. The molecule has 0 amide bonds. The minimum atomic E-state index is -0.670. The zero-order valence-corrected chi connectivity index (χ0v) is 7.46. The molecule has 5 heteroatoms. The first-order valence-corrected chi connectivity index (χ1v) is 3.85. The van der Waals surface area contributed by atoms with E-state index in [1.54, 1.807) is 0 Å². The van der Waals surface area contributed by atoms with E-state index in [0.717, 1.165) is 0 Å². The smallest absolute Gasteiger partial charge is 0.345 e. The number of nitrogens with one attached hydrogen (secondary N) is 1. The summed E-state index contributed by atoms with van der Waals surface area (Å²) >= 11 is 0. The molecule has 0 aliphatic heterocycles. The Hall–Kier alpha value is -1.65. The number of carbonyl (C=O) groups is 1. The maximum Gasteiger partial charge on any atom is 0.345 e. The molecule has 13 heavy (non-hydrogen) atoms. The summed E-state index contributed by atoms with van der Waals surface area (Å²) in [4.78, 5) is 28.5. The highest BCUT2D eigenvalue weighted by atomic mass is 16.5. The van der Waals surface area contributed by atoms with Crippen molar-refractivity contribution < 1.29 is 9.53 Å². The Morgan fingerprint density at radius 1 is 1.69 bits per heavy atom. The van der Waals surface area contributed by atoms with Crippen molar-refractivity contribution in [2.75, 3.05) is 7.11 Å². The fraction of sp³-hybridized carbons (Fsp3) is 0.375.